The second-order valence-electron chi connectivity index (χ2n) is 5.69. The van der Waals surface area contributed by atoms with Crippen LogP contribution in [-0.2, 0) is 4.79 Å². The van der Waals surface area contributed by atoms with Gasteiger partial charge in [0.25, 0.3) is 0 Å². The summed E-state index contributed by atoms with van der Waals surface area (Å²) in [6.07, 6.45) is 3.74. The van der Waals surface area contributed by atoms with Gasteiger partial charge in [0.05, 0.1) is 12.8 Å². The topological polar surface area (TPSA) is 41.6 Å². The van der Waals surface area contributed by atoms with Crippen molar-refractivity contribution in [3.05, 3.63) is 35.9 Å². The number of rotatable bonds is 4. The van der Waals surface area contributed by atoms with Crippen molar-refractivity contribution in [3.63, 3.8) is 0 Å². The van der Waals surface area contributed by atoms with Crippen LogP contribution in [0.5, 0.6) is 5.75 Å². The van der Waals surface area contributed by atoms with Crippen molar-refractivity contribution in [3.8, 4) is 5.75 Å². The van der Waals surface area contributed by atoms with Crippen LogP contribution in [-0.4, -0.2) is 32.1 Å². The van der Waals surface area contributed by atoms with Gasteiger partial charge in [0, 0.05) is 25.2 Å². The van der Waals surface area contributed by atoms with Gasteiger partial charge in [0.15, 0.2) is 0 Å². The summed E-state index contributed by atoms with van der Waals surface area (Å²) < 4.78 is 5.43. The first-order valence-corrected chi connectivity index (χ1v) is 7.43. The molecule has 1 aliphatic heterocycles. The lowest BCUT2D eigenvalue weighted by molar-refractivity contribution is -0.117. The normalized spacial score (nSPS) is 18.0. The fourth-order valence-electron chi connectivity index (χ4n) is 2.71. The Kier molecular flexibility index (Phi) is 5.26. The molecule has 2 rings (SSSR count). The Morgan fingerprint density at radius 1 is 1.38 bits per heavy atom. The van der Waals surface area contributed by atoms with E-state index in [9.17, 15) is 4.79 Å². The van der Waals surface area contributed by atoms with Crippen molar-refractivity contribution in [2.24, 2.45) is 0 Å². The zero-order chi connectivity index (χ0) is 15.2. The first-order chi connectivity index (χ1) is 10.1. The third kappa shape index (κ3) is 4.25. The van der Waals surface area contributed by atoms with E-state index in [2.05, 4.69) is 16.3 Å². The van der Waals surface area contributed by atoms with Gasteiger partial charge in [0.2, 0.25) is 5.91 Å². The van der Waals surface area contributed by atoms with E-state index < -0.39 is 0 Å². The van der Waals surface area contributed by atoms with E-state index in [1.807, 2.05) is 32.0 Å². The summed E-state index contributed by atoms with van der Waals surface area (Å²) >= 11 is 0. The standard InChI is InChI=1S/C17H24N2O2/c1-13(2)11-17(20)18-14-7-6-10-19(12-14)15-8-4-5-9-16(15)21-3/h4-5,8-9,11,14H,6-7,10,12H2,1-3H3,(H,18,20). The second kappa shape index (κ2) is 7.16. The first kappa shape index (κ1) is 15.4. The predicted molar refractivity (Wildman–Crippen MR) is 85.8 cm³/mol. The van der Waals surface area contributed by atoms with Crippen molar-refractivity contribution in [2.45, 2.75) is 32.7 Å². The molecule has 1 aliphatic rings. The van der Waals surface area contributed by atoms with Gasteiger partial charge in [-0.3, -0.25) is 4.79 Å². The lowest BCUT2D eigenvalue weighted by atomic mass is 10.0. The van der Waals surface area contributed by atoms with Crippen molar-refractivity contribution in [1.29, 1.82) is 0 Å². The molecule has 1 atom stereocenters. The van der Waals surface area contributed by atoms with Gasteiger partial charge in [-0.15, -0.1) is 0 Å². The van der Waals surface area contributed by atoms with Crippen LogP contribution < -0.4 is 15.0 Å². The number of carbonyl (C=O) groups is 1. The van der Waals surface area contributed by atoms with E-state index in [0.29, 0.717) is 0 Å². The van der Waals surface area contributed by atoms with Crippen molar-refractivity contribution >= 4 is 11.6 Å². The quantitative estimate of drug-likeness (QED) is 0.866. The van der Waals surface area contributed by atoms with Gasteiger partial charge in [0.1, 0.15) is 5.75 Å². The number of hydrogen-bond acceptors (Lipinski definition) is 3. The summed E-state index contributed by atoms with van der Waals surface area (Å²) in [5.41, 5.74) is 2.12. The monoisotopic (exact) mass is 288 g/mol. The van der Waals surface area contributed by atoms with Crippen LogP contribution in [0.3, 0.4) is 0 Å². The highest BCUT2D eigenvalue weighted by molar-refractivity contribution is 5.88. The number of para-hydroxylation sites is 2. The minimum Gasteiger partial charge on any atom is -0.495 e. The molecule has 1 fully saturated rings. The van der Waals surface area contributed by atoms with E-state index >= 15 is 0 Å². The Bertz CT molecular complexity index is 521. The van der Waals surface area contributed by atoms with Gasteiger partial charge >= 0.3 is 0 Å². The number of ether oxygens (including phenoxy) is 1. The van der Waals surface area contributed by atoms with Crippen LogP contribution in [0.2, 0.25) is 0 Å². The Hall–Kier alpha value is -1.97. The molecule has 1 aromatic rings. The number of carbonyl (C=O) groups excluding carboxylic acids is 1. The highest BCUT2D eigenvalue weighted by Gasteiger charge is 2.22. The van der Waals surface area contributed by atoms with Crippen LogP contribution in [0.4, 0.5) is 5.69 Å². The number of anilines is 1. The molecule has 21 heavy (non-hydrogen) atoms. The Morgan fingerprint density at radius 2 is 2.14 bits per heavy atom. The average Bonchev–Trinajstić information content (AvgIpc) is 2.46. The third-order valence-corrected chi connectivity index (χ3v) is 3.61. The fraction of sp³-hybridized carbons (Fsp3) is 0.471. The number of allylic oxidation sites excluding steroid dienone is 1. The smallest absolute Gasteiger partial charge is 0.244 e. The Morgan fingerprint density at radius 3 is 2.86 bits per heavy atom. The molecule has 0 saturated carbocycles. The fourth-order valence-corrected chi connectivity index (χ4v) is 2.71. The molecule has 0 aromatic heterocycles. The Labute approximate surface area is 126 Å². The Balaban J connectivity index is 2.04. The molecular weight excluding hydrogens is 264 g/mol. The molecule has 1 saturated heterocycles. The molecular formula is C17H24N2O2. The molecule has 0 bridgehead atoms. The summed E-state index contributed by atoms with van der Waals surface area (Å²) in [4.78, 5) is 14.1. The molecule has 0 radical (unpaired) electrons. The molecule has 1 aromatic carbocycles. The van der Waals surface area contributed by atoms with E-state index in [1.54, 1.807) is 13.2 Å². The summed E-state index contributed by atoms with van der Waals surface area (Å²) in [5, 5.41) is 3.09. The van der Waals surface area contributed by atoms with E-state index in [0.717, 1.165) is 42.9 Å². The molecule has 114 valence electrons. The van der Waals surface area contributed by atoms with E-state index in [1.165, 1.54) is 0 Å². The minimum absolute atomic E-state index is 0.00174. The summed E-state index contributed by atoms with van der Waals surface area (Å²) in [6.45, 7) is 5.68. The minimum atomic E-state index is 0.00174. The van der Waals surface area contributed by atoms with E-state index in [-0.39, 0.29) is 11.9 Å². The van der Waals surface area contributed by atoms with Gasteiger partial charge in [-0.2, -0.15) is 0 Å². The zero-order valence-electron chi connectivity index (χ0n) is 13.1. The molecule has 1 N–H and O–H groups in total. The number of piperidine rings is 1. The summed E-state index contributed by atoms with van der Waals surface area (Å²) in [6, 6.07) is 8.22. The maximum absolute atomic E-state index is 11.9. The van der Waals surface area contributed by atoms with Crippen LogP contribution in [0, 0.1) is 0 Å². The predicted octanol–water partition coefficient (Wildman–Crippen LogP) is 2.75. The van der Waals surface area contributed by atoms with E-state index in [4.69, 9.17) is 4.74 Å². The second-order valence-corrected chi connectivity index (χ2v) is 5.69. The molecule has 0 spiro atoms. The average molecular weight is 288 g/mol. The summed E-state index contributed by atoms with van der Waals surface area (Å²) in [5.74, 6) is 0.885. The van der Waals surface area contributed by atoms with Gasteiger partial charge < -0.3 is 15.0 Å². The van der Waals surface area contributed by atoms with Gasteiger partial charge in [-0.05, 0) is 38.8 Å². The molecule has 1 amide bonds. The number of nitrogens with one attached hydrogen (secondary N) is 1. The maximum Gasteiger partial charge on any atom is 0.244 e. The molecule has 1 heterocycles. The van der Waals surface area contributed by atoms with Crippen molar-refractivity contribution < 1.29 is 9.53 Å². The molecule has 4 nitrogen and oxygen atoms in total. The molecule has 0 aliphatic carbocycles. The number of hydrogen-bond donors (Lipinski definition) is 1. The van der Waals surface area contributed by atoms with Crippen LogP contribution in [0.15, 0.2) is 35.9 Å². The van der Waals surface area contributed by atoms with Gasteiger partial charge in [-0.1, -0.05) is 17.7 Å². The lowest BCUT2D eigenvalue weighted by Gasteiger charge is -2.35. The highest BCUT2D eigenvalue weighted by atomic mass is 16.5. The number of amides is 1. The van der Waals surface area contributed by atoms with Gasteiger partial charge in [-0.25, -0.2) is 0 Å². The molecule has 4 heteroatoms. The maximum atomic E-state index is 11.9. The summed E-state index contributed by atoms with van der Waals surface area (Å²) in [7, 11) is 1.69. The van der Waals surface area contributed by atoms with Crippen molar-refractivity contribution in [2.75, 3.05) is 25.1 Å². The zero-order valence-corrected chi connectivity index (χ0v) is 13.1. The van der Waals surface area contributed by atoms with Crippen LogP contribution in [0.1, 0.15) is 26.7 Å². The third-order valence-electron chi connectivity index (χ3n) is 3.61. The highest BCUT2D eigenvalue weighted by Crippen LogP contribution is 2.29. The van der Waals surface area contributed by atoms with Crippen LogP contribution >= 0.6 is 0 Å². The SMILES string of the molecule is COc1ccccc1N1CCCC(NC(=O)C=C(C)C)C1. The van der Waals surface area contributed by atoms with Crippen molar-refractivity contribution in [1.82, 2.24) is 5.32 Å². The number of nitrogens with zero attached hydrogens (tertiary/aromatic N) is 1. The van der Waals surface area contributed by atoms with Crippen LogP contribution in [0.25, 0.3) is 0 Å². The largest absolute Gasteiger partial charge is 0.495 e. The lowest BCUT2D eigenvalue weighted by Crippen LogP contribution is -2.47. The number of methoxy groups -OCH3 is 1. The first-order valence-electron chi connectivity index (χ1n) is 7.43. The number of benzene rings is 1. The molecule has 1 unspecified atom stereocenters.